The molecule has 0 aromatic heterocycles. The minimum atomic E-state index is -0.270. The lowest BCUT2D eigenvalue weighted by Crippen LogP contribution is -2.10. The third-order valence-corrected chi connectivity index (χ3v) is 4.22. The molecule has 0 bridgehead atoms. The number of aldehydes is 2. The Bertz CT molecular complexity index is 390. The second-order valence-electron chi connectivity index (χ2n) is 6.23. The molecule has 0 radical (unpaired) electrons. The molecule has 92 valence electrons. The first kappa shape index (κ1) is 12.3. The van der Waals surface area contributed by atoms with Gasteiger partial charge in [0.2, 0.25) is 0 Å². The van der Waals surface area contributed by atoms with E-state index in [2.05, 4.69) is 20.4 Å². The molecular formula is C15H20O2. The van der Waals surface area contributed by atoms with E-state index in [1.807, 2.05) is 6.08 Å². The van der Waals surface area contributed by atoms with Crippen LogP contribution < -0.4 is 0 Å². The van der Waals surface area contributed by atoms with Crippen molar-refractivity contribution in [3.8, 4) is 0 Å². The molecule has 2 aliphatic carbocycles. The first-order chi connectivity index (χ1) is 7.96. The van der Waals surface area contributed by atoms with Crippen molar-refractivity contribution in [2.45, 2.75) is 33.1 Å². The van der Waals surface area contributed by atoms with Crippen molar-refractivity contribution in [3.05, 3.63) is 23.8 Å². The molecule has 1 fully saturated rings. The molecule has 0 aliphatic heterocycles. The van der Waals surface area contributed by atoms with Crippen LogP contribution in [0.3, 0.4) is 0 Å². The lowest BCUT2D eigenvalue weighted by atomic mass is 9.85. The molecule has 1 saturated carbocycles. The summed E-state index contributed by atoms with van der Waals surface area (Å²) in [6, 6.07) is 0. The molecule has 17 heavy (non-hydrogen) atoms. The van der Waals surface area contributed by atoms with Crippen LogP contribution in [0.1, 0.15) is 33.1 Å². The van der Waals surface area contributed by atoms with E-state index in [-0.39, 0.29) is 5.92 Å². The van der Waals surface area contributed by atoms with Crippen LogP contribution in [0, 0.1) is 23.2 Å². The standard InChI is InChI=1S/C15H20O2/c1-10-4-12(8-16)13(9-17)5-11-6-15(2,3)7-14(10)11/h5,8-9,11-12,14H,1,4,6-7H2,2-3H3/t11-,12+,14-/m1/s1. The second-order valence-corrected chi connectivity index (χ2v) is 6.23. The van der Waals surface area contributed by atoms with E-state index in [4.69, 9.17) is 0 Å². The van der Waals surface area contributed by atoms with Gasteiger partial charge in [0, 0.05) is 5.92 Å². The molecule has 0 aromatic rings. The van der Waals surface area contributed by atoms with Crippen LogP contribution >= 0.6 is 0 Å². The van der Waals surface area contributed by atoms with Gasteiger partial charge < -0.3 is 4.79 Å². The third-order valence-electron chi connectivity index (χ3n) is 4.22. The number of hydrogen-bond donors (Lipinski definition) is 0. The van der Waals surface area contributed by atoms with Crippen molar-refractivity contribution in [1.82, 2.24) is 0 Å². The molecule has 0 unspecified atom stereocenters. The summed E-state index contributed by atoms with van der Waals surface area (Å²) in [6.07, 6.45) is 6.61. The first-order valence-electron chi connectivity index (χ1n) is 6.27. The van der Waals surface area contributed by atoms with Gasteiger partial charge in [0.1, 0.15) is 12.6 Å². The number of fused-ring (bicyclic) bond motifs is 1. The molecule has 0 amide bonds. The first-order valence-corrected chi connectivity index (χ1v) is 6.27. The van der Waals surface area contributed by atoms with Gasteiger partial charge in [0.15, 0.2) is 0 Å². The smallest absolute Gasteiger partial charge is 0.146 e. The molecule has 0 N–H and O–H groups in total. The predicted molar refractivity (Wildman–Crippen MR) is 67.5 cm³/mol. The van der Waals surface area contributed by atoms with Gasteiger partial charge >= 0.3 is 0 Å². The molecule has 3 atom stereocenters. The van der Waals surface area contributed by atoms with Gasteiger partial charge in [0.25, 0.3) is 0 Å². The summed E-state index contributed by atoms with van der Waals surface area (Å²) < 4.78 is 0. The average Bonchev–Trinajstić information content (AvgIpc) is 2.52. The van der Waals surface area contributed by atoms with Gasteiger partial charge in [-0.15, -0.1) is 0 Å². The fraction of sp³-hybridized carbons (Fsp3) is 0.600. The van der Waals surface area contributed by atoms with Gasteiger partial charge in [-0.2, -0.15) is 0 Å². The number of carbonyl (C=O) groups excluding carboxylic acids is 2. The van der Waals surface area contributed by atoms with Crippen LogP contribution in [-0.2, 0) is 9.59 Å². The quantitative estimate of drug-likeness (QED) is 0.542. The highest BCUT2D eigenvalue weighted by molar-refractivity contribution is 5.81. The molecule has 2 heteroatoms. The fourth-order valence-corrected chi connectivity index (χ4v) is 3.41. The van der Waals surface area contributed by atoms with Gasteiger partial charge in [-0.25, -0.2) is 0 Å². The summed E-state index contributed by atoms with van der Waals surface area (Å²) in [7, 11) is 0. The Labute approximate surface area is 103 Å². The molecule has 0 aromatic carbocycles. The number of hydrogen-bond acceptors (Lipinski definition) is 2. The zero-order valence-electron chi connectivity index (χ0n) is 10.6. The van der Waals surface area contributed by atoms with E-state index in [1.54, 1.807) is 0 Å². The number of allylic oxidation sites excluding steroid dienone is 3. The minimum Gasteiger partial charge on any atom is -0.303 e. The Balaban J connectivity index is 2.35. The van der Waals surface area contributed by atoms with E-state index in [1.165, 1.54) is 0 Å². The van der Waals surface area contributed by atoms with Crippen molar-refractivity contribution < 1.29 is 9.59 Å². The maximum absolute atomic E-state index is 11.1. The van der Waals surface area contributed by atoms with Crippen LogP contribution in [0.15, 0.2) is 23.8 Å². The normalized spacial score (nSPS) is 35.8. The van der Waals surface area contributed by atoms with Crippen LogP contribution in [0.25, 0.3) is 0 Å². The van der Waals surface area contributed by atoms with Crippen molar-refractivity contribution in [1.29, 1.82) is 0 Å². The lowest BCUT2D eigenvalue weighted by Gasteiger charge is -2.19. The van der Waals surface area contributed by atoms with Gasteiger partial charge in [0.05, 0.1) is 0 Å². The van der Waals surface area contributed by atoms with E-state index in [9.17, 15) is 9.59 Å². The Morgan fingerprint density at radius 3 is 2.65 bits per heavy atom. The van der Waals surface area contributed by atoms with Gasteiger partial charge in [-0.1, -0.05) is 32.1 Å². The highest BCUT2D eigenvalue weighted by atomic mass is 16.1. The SMILES string of the molecule is C=C1C[C@@H](C=O)C(C=O)=C[C@@H]2CC(C)(C)C[C@H]12. The monoisotopic (exact) mass is 232 g/mol. The van der Waals surface area contributed by atoms with Crippen molar-refractivity contribution in [2.75, 3.05) is 0 Å². The van der Waals surface area contributed by atoms with Crippen LogP contribution in [-0.4, -0.2) is 12.6 Å². The lowest BCUT2D eigenvalue weighted by molar-refractivity contribution is -0.112. The molecule has 2 rings (SSSR count). The average molecular weight is 232 g/mol. The topological polar surface area (TPSA) is 34.1 Å². The maximum Gasteiger partial charge on any atom is 0.146 e. The Morgan fingerprint density at radius 2 is 2.06 bits per heavy atom. The number of carbonyl (C=O) groups is 2. The van der Waals surface area contributed by atoms with Crippen LogP contribution in [0.5, 0.6) is 0 Å². The Morgan fingerprint density at radius 1 is 1.35 bits per heavy atom. The van der Waals surface area contributed by atoms with Gasteiger partial charge in [-0.3, -0.25) is 4.79 Å². The zero-order chi connectivity index (χ0) is 12.6. The van der Waals surface area contributed by atoms with E-state index in [0.717, 1.165) is 31.0 Å². The zero-order valence-corrected chi connectivity index (χ0v) is 10.6. The Kier molecular flexibility index (Phi) is 3.07. The van der Waals surface area contributed by atoms with Crippen molar-refractivity contribution >= 4 is 12.6 Å². The molecule has 0 heterocycles. The highest BCUT2D eigenvalue weighted by Crippen LogP contribution is 2.51. The summed E-state index contributed by atoms with van der Waals surface area (Å²) >= 11 is 0. The predicted octanol–water partition coefficient (Wildman–Crippen LogP) is 2.94. The van der Waals surface area contributed by atoms with Crippen LogP contribution in [0.2, 0.25) is 0 Å². The highest BCUT2D eigenvalue weighted by Gasteiger charge is 2.41. The van der Waals surface area contributed by atoms with E-state index < -0.39 is 0 Å². The molecular weight excluding hydrogens is 212 g/mol. The number of rotatable bonds is 2. The molecule has 2 nitrogen and oxygen atoms in total. The summed E-state index contributed by atoms with van der Waals surface area (Å²) in [5.41, 5.74) is 2.12. The van der Waals surface area contributed by atoms with Crippen LogP contribution in [0.4, 0.5) is 0 Å². The molecule has 2 aliphatic rings. The van der Waals surface area contributed by atoms with Crippen molar-refractivity contribution in [2.24, 2.45) is 23.2 Å². The maximum atomic E-state index is 11.1. The largest absolute Gasteiger partial charge is 0.303 e. The third kappa shape index (κ3) is 2.26. The fourth-order valence-electron chi connectivity index (χ4n) is 3.41. The summed E-state index contributed by atoms with van der Waals surface area (Å²) in [6.45, 7) is 8.67. The van der Waals surface area contributed by atoms with Crippen molar-refractivity contribution in [3.63, 3.8) is 0 Å². The van der Waals surface area contributed by atoms with Gasteiger partial charge in [-0.05, 0) is 42.1 Å². The summed E-state index contributed by atoms with van der Waals surface area (Å²) in [5, 5.41) is 0. The Hall–Kier alpha value is -1.18. The van der Waals surface area contributed by atoms with E-state index in [0.29, 0.717) is 29.2 Å². The summed E-state index contributed by atoms with van der Waals surface area (Å²) in [5.74, 6) is 0.571. The summed E-state index contributed by atoms with van der Waals surface area (Å²) in [4.78, 5) is 22.1. The molecule has 0 spiro atoms. The molecule has 0 saturated heterocycles. The second kappa shape index (κ2) is 4.25. The van der Waals surface area contributed by atoms with E-state index >= 15 is 0 Å². The minimum absolute atomic E-state index is 0.270.